The monoisotopic (exact) mass is 441 g/mol. The molecule has 0 aliphatic heterocycles. The Hall–Kier alpha value is -2.74. The van der Waals surface area contributed by atoms with Gasteiger partial charge in [0.15, 0.2) is 0 Å². The van der Waals surface area contributed by atoms with Gasteiger partial charge in [-0.3, -0.25) is 4.79 Å². The van der Waals surface area contributed by atoms with Crippen LogP contribution in [0.15, 0.2) is 0 Å². The molecule has 0 saturated heterocycles. The molecule has 0 N–H and O–H groups in total. The minimum atomic E-state index is -1.39. The molecule has 0 spiro atoms. The van der Waals surface area contributed by atoms with Crippen molar-refractivity contribution in [1.82, 2.24) is 4.90 Å². The van der Waals surface area contributed by atoms with Crippen LogP contribution in [0.25, 0.3) is 5.53 Å². The third kappa shape index (κ3) is 12.5. The van der Waals surface area contributed by atoms with Crippen LogP contribution in [0.5, 0.6) is 0 Å². The fourth-order valence-electron chi connectivity index (χ4n) is 2.27. The molecule has 0 bridgehead atoms. The van der Waals surface area contributed by atoms with Crippen LogP contribution in [0.3, 0.4) is 0 Å². The summed E-state index contributed by atoms with van der Waals surface area (Å²) in [5.41, 5.74) is 5.69. The molecule has 0 fully saturated rings. The first-order chi connectivity index (χ1) is 13.9. The quantitative estimate of drug-likeness (QED) is 0.192. The van der Waals surface area contributed by atoms with Crippen molar-refractivity contribution in [2.45, 2.75) is 104 Å². The maximum Gasteiger partial charge on any atom is 0.420 e. The normalized spacial score (nSPS) is 12.8. The van der Waals surface area contributed by atoms with Gasteiger partial charge in [0, 0.05) is 6.42 Å². The van der Waals surface area contributed by atoms with Gasteiger partial charge in [-0.25, -0.2) is 14.4 Å². The molecule has 1 atom stereocenters. The van der Waals surface area contributed by atoms with Gasteiger partial charge in [0.2, 0.25) is 5.78 Å². The average molecular weight is 442 g/mol. The summed E-state index contributed by atoms with van der Waals surface area (Å²) in [4.78, 5) is 53.5. The Kier molecular flexibility index (Phi) is 10.1. The molecule has 10 heteroatoms. The van der Waals surface area contributed by atoms with E-state index < -0.39 is 46.8 Å². The molecule has 31 heavy (non-hydrogen) atoms. The second-order valence-corrected chi connectivity index (χ2v) is 9.98. The number of nitrogens with zero attached hydrogens (tertiary/aromatic N) is 3. The third-order valence-electron chi connectivity index (χ3n) is 3.27. The van der Waals surface area contributed by atoms with Gasteiger partial charge in [0.25, 0.3) is 0 Å². The molecule has 0 heterocycles. The molecule has 1 unspecified atom stereocenters. The number of carbonyl (C=O) groups is 4. The van der Waals surface area contributed by atoms with Crippen LogP contribution in [-0.2, 0) is 23.8 Å². The number of Topliss-reactive ketones (excluding diaryl/α,β-unsaturated/α-hetero) is 1. The molecule has 10 nitrogen and oxygen atoms in total. The molecule has 0 saturated carbocycles. The maximum atomic E-state index is 12.9. The van der Waals surface area contributed by atoms with Gasteiger partial charge in [-0.2, -0.15) is 9.69 Å². The molecule has 0 aromatic heterocycles. The fraction of sp³-hybridized carbons (Fsp3) is 0.762. The first-order valence-corrected chi connectivity index (χ1v) is 10.0. The van der Waals surface area contributed by atoms with Crippen molar-refractivity contribution in [3.05, 3.63) is 5.53 Å². The highest BCUT2D eigenvalue weighted by Crippen LogP contribution is 2.22. The molecule has 2 amide bonds. The molecule has 0 aliphatic rings. The Labute approximate surface area is 183 Å². The number of ketones is 1. The highest BCUT2D eigenvalue weighted by molar-refractivity contribution is 6.25. The van der Waals surface area contributed by atoms with E-state index in [0.29, 0.717) is 4.90 Å². The molecular formula is C21H35N3O7. The Morgan fingerprint density at radius 1 is 0.839 bits per heavy atom. The fourth-order valence-corrected chi connectivity index (χ4v) is 2.27. The van der Waals surface area contributed by atoms with Gasteiger partial charge in [0.05, 0.1) is 0 Å². The lowest BCUT2D eigenvalue weighted by atomic mass is 10.1. The van der Waals surface area contributed by atoms with E-state index in [-0.39, 0.29) is 19.3 Å². The lowest BCUT2D eigenvalue weighted by molar-refractivity contribution is -0.161. The topological polar surface area (TPSA) is 136 Å². The van der Waals surface area contributed by atoms with E-state index in [0.717, 1.165) is 6.21 Å². The van der Waals surface area contributed by atoms with E-state index in [1.165, 1.54) is 0 Å². The number of amides is 2. The summed E-state index contributed by atoms with van der Waals surface area (Å²) in [6.45, 7) is 14.7. The van der Waals surface area contributed by atoms with Crippen LogP contribution in [-0.4, -0.2) is 62.7 Å². The van der Waals surface area contributed by atoms with Crippen molar-refractivity contribution in [1.29, 1.82) is 0 Å². The molecule has 0 radical (unpaired) electrons. The van der Waals surface area contributed by atoms with Gasteiger partial charge >= 0.3 is 24.4 Å². The van der Waals surface area contributed by atoms with Crippen molar-refractivity contribution in [3.8, 4) is 0 Å². The first kappa shape index (κ1) is 28.3. The summed E-state index contributed by atoms with van der Waals surface area (Å²) in [6.07, 6.45) is -1.45. The van der Waals surface area contributed by atoms with Crippen LogP contribution in [0.1, 0.15) is 81.6 Å². The van der Waals surface area contributed by atoms with Gasteiger partial charge in [-0.1, -0.05) is 0 Å². The zero-order valence-electron chi connectivity index (χ0n) is 20.0. The minimum Gasteiger partial charge on any atom is -0.458 e. The van der Waals surface area contributed by atoms with Crippen LogP contribution < -0.4 is 0 Å². The van der Waals surface area contributed by atoms with Crippen molar-refractivity contribution in [3.63, 3.8) is 0 Å². The Morgan fingerprint density at radius 3 is 1.61 bits per heavy atom. The standard InChI is InChI=1S/C21H35N3O7/c1-19(2,3)29-16(26)15(12-10-11-14(25)13-23-22)24(17(27)30-20(4,5)6)18(28)31-21(7,8)9/h13,15H,10-12H2,1-9H3. The number of carbonyl (C=O) groups excluding carboxylic acids is 4. The molecule has 0 aliphatic carbocycles. The Bertz CT molecular complexity index is 693. The van der Waals surface area contributed by atoms with Crippen molar-refractivity contribution >= 4 is 30.2 Å². The zero-order valence-corrected chi connectivity index (χ0v) is 20.0. The number of ether oxygens (including phenoxy) is 3. The van der Waals surface area contributed by atoms with Crippen molar-refractivity contribution < 1.29 is 38.2 Å². The lowest BCUT2D eigenvalue weighted by Crippen LogP contribution is -2.53. The van der Waals surface area contributed by atoms with Gasteiger partial charge in [-0.05, 0) is 75.2 Å². The largest absolute Gasteiger partial charge is 0.458 e. The highest BCUT2D eigenvalue weighted by atomic mass is 16.6. The van der Waals surface area contributed by atoms with Crippen molar-refractivity contribution in [2.24, 2.45) is 0 Å². The second kappa shape index (κ2) is 11.0. The van der Waals surface area contributed by atoms with E-state index in [4.69, 9.17) is 19.7 Å². The van der Waals surface area contributed by atoms with Crippen LogP contribution in [0.4, 0.5) is 9.59 Å². The smallest absolute Gasteiger partial charge is 0.420 e. The molecule has 176 valence electrons. The highest BCUT2D eigenvalue weighted by Gasteiger charge is 2.41. The lowest BCUT2D eigenvalue weighted by Gasteiger charge is -2.33. The summed E-state index contributed by atoms with van der Waals surface area (Å²) < 4.78 is 16.0. The molecular weight excluding hydrogens is 406 g/mol. The summed E-state index contributed by atoms with van der Waals surface area (Å²) in [5, 5.41) is 0. The van der Waals surface area contributed by atoms with Crippen LogP contribution in [0, 0.1) is 0 Å². The Balaban J connectivity index is 6.03. The van der Waals surface area contributed by atoms with E-state index in [1.807, 2.05) is 0 Å². The van der Waals surface area contributed by atoms with Gasteiger partial charge in [-0.15, -0.1) is 0 Å². The first-order valence-electron chi connectivity index (χ1n) is 10.0. The SMILES string of the molecule is CC(C)(C)OC(=O)C(CCCC(=O)C=[N+]=[N-])N(C(=O)OC(C)(C)C)C(=O)OC(C)(C)C. The predicted molar refractivity (Wildman–Crippen MR) is 112 cm³/mol. The number of hydrogen-bond donors (Lipinski definition) is 0. The van der Waals surface area contributed by atoms with Gasteiger partial charge < -0.3 is 19.7 Å². The summed E-state index contributed by atoms with van der Waals surface area (Å²) in [7, 11) is 0. The molecule has 0 aromatic rings. The Morgan fingerprint density at radius 2 is 1.26 bits per heavy atom. The van der Waals surface area contributed by atoms with E-state index in [1.54, 1.807) is 62.3 Å². The molecule has 0 rings (SSSR count). The average Bonchev–Trinajstić information content (AvgIpc) is 2.48. The van der Waals surface area contributed by atoms with E-state index in [9.17, 15) is 19.2 Å². The van der Waals surface area contributed by atoms with Crippen LogP contribution >= 0.6 is 0 Å². The number of esters is 1. The maximum absolute atomic E-state index is 12.9. The molecule has 0 aromatic carbocycles. The number of imide groups is 1. The van der Waals surface area contributed by atoms with Crippen LogP contribution in [0.2, 0.25) is 0 Å². The van der Waals surface area contributed by atoms with Gasteiger partial charge in [0.1, 0.15) is 22.8 Å². The minimum absolute atomic E-state index is 0.0696. The number of rotatable bonds is 7. The summed E-state index contributed by atoms with van der Waals surface area (Å²) >= 11 is 0. The van der Waals surface area contributed by atoms with Crippen molar-refractivity contribution in [2.75, 3.05) is 0 Å². The summed E-state index contributed by atoms with van der Waals surface area (Å²) in [6, 6.07) is -1.39. The zero-order chi connectivity index (χ0) is 24.6. The van der Waals surface area contributed by atoms with E-state index in [2.05, 4.69) is 4.79 Å². The third-order valence-corrected chi connectivity index (χ3v) is 3.27. The number of hydrogen-bond acceptors (Lipinski definition) is 7. The predicted octanol–water partition coefficient (Wildman–Crippen LogP) is 3.91. The summed E-state index contributed by atoms with van der Waals surface area (Å²) in [5.74, 6) is -1.32. The van der Waals surface area contributed by atoms with E-state index >= 15 is 0 Å². The second-order valence-electron chi connectivity index (χ2n) is 9.98.